The first-order chi connectivity index (χ1) is 8.09. The highest BCUT2D eigenvalue weighted by Crippen LogP contribution is 2.30. The molecule has 0 amide bonds. The number of aromatic carboxylic acids is 1. The van der Waals surface area contributed by atoms with E-state index in [0.29, 0.717) is 5.02 Å². The molecule has 0 atom stereocenters. The van der Waals surface area contributed by atoms with Crippen LogP contribution in [0.2, 0.25) is 5.02 Å². The molecule has 0 spiro atoms. The van der Waals surface area contributed by atoms with E-state index in [1.54, 1.807) is 6.07 Å². The number of rotatable bonds is 2. The number of halogens is 1. The molecule has 1 saturated heterocycles. The lowest BCUT2D eigenvalue weighted by molar-refractivity contribution is 0.0697. The predicted molar refractivity (Wildman–Crippen MR) is 69.0 cm³/mol. The lowest BCUT2D eigenvalue weighted by atomic mass is 9.98. The number of carboxylic acid groups (broad SMARTS) is 1. The van der Waals surface area contributed by atoms with Gasteiger partial charge in [0.25, 0.3) is 0 Å². The van der Waals surface area contributed by atoms with E-state index in [4.69, 9.17) is 11.6 Å². The van der Waals surface area contributed by atoms with Crippen molar-refractivity contribution in [3.63, 3.8) is 0 Å². The van der Waals surface area contributed by atoms with Crippen molar-refractivity contribution in [3.8, 4) is 0 Å². The van der Waals surface area contributed by atoms with Crippen LogP contribution in [0.1, 0.15) is 30.1 Å². The molecule has 0 bridgehead atoms. The standard InChI is InChI=1S/C13H16ClNO2/c1-9-5-7-15(8-6-9)11-4-2-3-10(14)12(11)13(16)17/h2-4,9H,5-8H2,1H3,(H,16,17). The summed E-state index contributed by atoms with van der Waals surface area (Å²) in [6.07, 6.45) is 2.21. The lowest BCUT2D eigenvalue weighted by Gasteiger charge is -2.33. The minimum atomic E-state index is -0.954. The molecular weight excluding hydrogens is 238 g/mol. The number of anilines is 1. The molecular formula is C13H16ClNO2. The van der Waals surface area contributed by atoms with Crippen LogP contribution in [0.4, 0.5) is 5.69 Å². The average molecular weight is 254 g/mol. The fourth-order valence-electron chi connectivity index (χ4n) is 2.24. The van der Waals surface area contributed by atoms with Gasteiger partial charge in [-0.05, 0) is 30.9 Å². The highest BCUT2D eigenvalue weighted by atomic mass is 35.5. The summed E-state index contributed by atoms with van der Waals surface area (Å²) in [6, 6.07) is 5.27. The van der Waals surface area contributed by atoms with Crippen molar-refractivity contribution in [2.75, 3.05) is 18.0 Å². The fourth-order valence-corrected chi connectivity index (χ4v) is 2.49. The van der Waals surface area contributed by atoms with E-state index < -0.39 is 5.97 Å². The molecule has 0 radical (unpaired) electrons. The maximum atomic E-state index is 11.2. The van der Waals surface area contributed by atoms with Crippen molar-refractivity contribution in [3.05, 3.63) is 28.8 Å². The van der Waals surface area contributed by atoms with Crippen molar-refractivity contribution < 1.29 is 9.90 Å². The highest BCUT2D eigenvalue weighted by Gasteiger charge is 2.22. The summed E-state index contributed by atoms with van der Waals surface area (Å²) in [7, 11) is 0. The van der Waals surface area contributed by atoms with Gasteiger partial charge in [-0.15, -0.1) is 0 Å². The van der Waals surface area contributed by atoms with Crippen molar-refractivity contribution in [1.82, 2.24) is 0 Å². The van der Waals surface area contributed by atoms with Gasteiger partial charge >= 0.3 is 5.97 Å². The molecule has 1 aromatic carbocycles. The van der Waals surface area contributed by atoms with Gasteiger partial charge in [-0.2, -0.15) is 0 Å². The Morgan fingerprint density at radius 2 is 2.06 bits per heavy atom. The van der Waals surface area contributed by atoms with Gasteiger partial charge < -0.3 is 10.0 Å². The van der Waals surface area contributed by atoms with Crippen LogP contribution in [-0.2, 0) is 0 Å². The van der Waals surface area contributed by atoms with Gasteiger partial charge in [0.2, 0.25) is 0 Å². The molecule has 0 aliphatic carbocycles. The second-order valence-electron chi connectivity index (χ2n) is 4.61. The molecule has 0 aromatic heterocycles. The Hall–Kier alpha value is -1.22. The zero-order valence-electron chi connectivity index (χ0n) is 9.82. The third-order valence-electron chi connectivity index (χ3n) is 3.33. The van der Waals surface area contributed by atoms with Crippen LogP contribution in [0.5, 0.6) is 0 Å². The van der Waals surface area contributed by atoms with Gasteiger partial charge in [0, 0.05) is 13.1 Å². The molecule has 1 heterocycles. The van der Waals surface area contributed by atoms with Crippen LogP contribution in [0, 0.1) is 5.92 Å². The first kappa shape index (κ1) is 12.2. The number of nitrogens with zero attached hydrogens (tertiary/aromatic N) is 1. The summed E-state index contributed by atoms with van der Waals surface area (Å²) in [6.45, 7) is 4.04. The molecule has 2 rings (SSSR count). The van der Waals surface area contributed by atoms with Crippen LogP contribution in [-0.4, -0.2) is 24.2 Å². The zero-order valence-corrected chi connectivity index (χ0v) is 10.6. The smallest absolute Gasteiger partial charge is 0.339 e. The molecule has 1 aliphatic heterocycles. The molecule has 4 heteroatoms. The Bertz CT molecular complexity index is 425. The summed E-state index contributed by atoms with van der Waals surface area (Å²) < 4.78 is 0. The second-order valence-corrected chi connectivity index (χ2v) is 5.02. The van der Waals surface area contributed by atoms with E-state index in [1.165, 1.54) is 0 Å². The maximum absolute atomic E-state index is 11.2. The number of hydrogen-bond donors (Lipinski definition) is 1. The Balaban J connectivity index is 2.32. The van der Waals surface area contributed by atoms with Crippen molar-refractivity contribution in [1.29, 1.82) is 0 Å². The molecule has 1 aromatic rings. The maximum Gasteiger partial charge on any atom is 0.339 e. The van der Waals surface area contributed by atoms with E-state index in [1.807, 2.05) is 12.1 Å². The molecule has 17 heavy (non-hydrogen) atoms. The monoisotopic (exact) mass is 253 g/mol. The van der Waals surface area contributed by atoms with Crippen LogP contribution >= 0.6 is 11.6 Å². The zero-order chi connectivity index (χ0) is 12.4. The molecule has 92 valence electrons. The first-order valence-corrected chi connectivity index (χ1v) is 6.24. The number of carboxylic acids is 1. The average Bonchev–Trinajstić information content (AvgIpc) is 2.29. The summed E-state index contributed by atoms with van der Waals surface area (Å²) in [5, 5.41) is 9.53. The number of hydrogen-bond acceptors (Lipinski definition) is 2. The largest absolute Gasteiger partial charge is 0.478 e. The Labute approximate surface area is 106 Å². The van der Waals surface area contributed by atoms with Gasteiger partial charge in [-0.3, -0.25) is 0 Å². The van der Waals surface area contributed by atoms with Crippen LogP contribution < -0.4 is 4.90 Å². The Morgan fingerprint density at radius 3 is 2.65 bits per heavy atom. The van der Waals surface area contributed by atoms with Gasteiger partial charge in [0.15, 0.2) is 0 Å². The van der Waals surface area contributed by atoms with E-state index in [0.717, 1.165) is 37.5 Å². The normalized spacial score (nSPS) is 17.2. The van der Waals surface area contributed by atoms with Crippen LogP contribution in [0.15, 0.2) is 18.2 Å². The molecule has 0 saturated carbocycles. The van der Waals surface area contributed by atoms with E-state index in [9.17, 15) is 9.90 Å². The molecule has 1 fully saturated rings. The Morgan fingerprint density at radius 1 is 1.41 bits per heavy atom. The number of benzene rings is 1. The predicted octanol–water partition coefficient (Wildman–Crippen LogP) is 3.27. The highest BCUT2D eigenvalue weighted by molar-refractivity contribution is 6.34. The van der Waals surface area contributed by atoms with Gasteiger partial charge in [-0.25, -0.2) is 4.79 Å². The quantitative estimate of drug-likeness (QED) is 0.879. The lowest BCUT2D eigenvalue weighted by Crippen LogP contribution is -2.33. The topological polar surface area (TPSA) is 40.5 Å². The SMILES string of the molecule is CC1CCN(c2cccc(Cl)c2C(=O)O)CC1. The molecule has 1 aliphatic rings. The summed E-state index contributed by atoms with van der Waals surface area (Å²) in [5.41, 5.74) is 0.973. The number of piperidine rings is 1. The first-order valence-electron chi connectivity index (χ1n) is 5.86. The molecule has 1 N–H and O–H groups in total. The summed E-state index contributed by atoms with van der Waals surface area (Å²) in [4.78, 5) is 13.4. The summed E-state index contributed by atoms with van der Waals surface area (Å²) in [5.74, 6) is -0.233. The van der Waals surface area contributed by atoms with Crippen molar-refractivity contribution >= 4 is 23.3 Å². The van der Waals surface area contributed by atoms with Gasteiger partial charge in [0.05, 0.1) is 10.7 Å². The molecule has 3 nitrogen and oxygen atoms in total. The van der Waals surface area contributed by atoms with Gasteiger partial charge in [-0.1, -0.05) is 24.6 Å². The molecule has 0 unspecified atom stereocenters. The van der Waals surface area contributed by atoms with Gasteiger partial charge in [0.1, 0.15) is 5.56 Å². The minimum Gasteiger partial charge on any atom is -0.478 e. The van der Waals surface area contributed by atoms with E-state index in [-0.39, 0.29) is 5.56 Å². The number of carbonyl (C=O) groups is 1. The third kappa shape index (κ3) is 2.55. The Kier molecular flexibility index (Phi) is 3.57. The van der Waals surface area contributed by atoms with Crippen molar-refractivity contribution in [2.24, 2.45) is 5.92 Å². The summed E-state index contributed by atoms with van der Waals surface area (Å²) >= 11 is 5.96. The fraction of sp³-hybridized carbons (Fsp3) is 0.462. The van der Waals surface area contributed by atoms with Crippen molar-refractivity contribution in [2.45, 2.75) is 19.8 Å². The van der Waals surface area contributed by atoms with Crippen LogP contribution in [0.25, 0.3) is 0 Å². The van der Waals surface area contributed by atoms with Crippen LogP contribution in [0.3, 0.4) is 0 Å². The minimum absolute atomic E-state index is 0.226. The van der Waals surface area contributed by atoms with E-state index >= 15 is 0 Å². The second kappa shape index (κ2) is 4.96. The van der Waals surface area contributed by atoms with E-state index in [2.05, 4.69) is 11.8 Å². The third-order valence-corrected chi connectivity index (χ3v) is 3.64.